The fourth-order valence-electron chi connectivity index (χ4n) is 1.50. The molecule has 2 aromatic rings. The molecule has 0 radical (unpaired) electrons. The lowest BCUT2D eigenvalue weighted by Crippen LogP contribution is -2.12. The van der Waals surface area contributed by atoms with Gasteiger partial charge in [0.1, 0.15) is 11.8 Å². The lowest BCUT2D eigenvalue weighted by Gasteiger charge is -2.04. The quantitative estimate of drug-likeness (QED) is 0.857. The Balaban J connectivity index is 1.88. The Labute approximate surface area is 100.0 Å². The Morgan fingerprint density at radius 3 is 2.53 bits per heavy atom. The molecule has 0 unspecified atom stereocenters. The van der Waals surface area contributed by atoms with Gasteiger partial charge in [-0.2, -0.15) is 5.26 Å². The fourth-order valence-corrected chi connectivity index (χ4v) is 1.50. The predicted molar refractivity (Wildman–Crippen MR) is 63.7 cm³/mol. The molecule has 2 rings (SSSR count). The van der Waals surface area contributed by atoms with Crippen molar-refractivity contribution in [1.82, 2.24) is 15.3 Å². The van der Waals surface area contributed by atoms with Crippen LogP contribution in [0.25, 0.3) is 0 Å². The number of pyridine rings is 2. The maximum absolute atomic E-state index is 8.73. The summed E-state index contributed by atoms with van der Waals surface area (Å²) in [6, 6.07) is 9.67. The number of nitrogens with zero attached hydrogens (tertiary/aromatic N) is 3. The highest BCUT2D eigenvalue weighted by atomic mass is 14.8. The molecule has 0 aromatic carbocycles. The van der Waals surface area contributed by atoms with Crippen LogP contribution in [0.4, 0.5) is 0 Å². The van der Waals surface area contributed by atoms with Crippen molar-refractivity contribution in [3.63, 3.8) is 0 Å². The summed E-state index contributed by atoms with van der Waals surface area (Å²) >= 11 is 0. The van der Waals surface area contributed by atoms with Crippen LogP contribution in [0.5, 0.6) is 0 Å². The molecule has 2 heterocycles. The maximum atomic E-state index is 8.73. The van der Waals surface area contributed by atoms with Gasteiger partial charge in [0.05, 0.1) is 0 Å². The highest BCUT2D eigenvalue weighted by Gasteiger charge is 1.96. The van der Waals surface area contributed by atoms with Crippen molar-refractivity contribution in [1.29, 1.82) is 5.26 Å². The lowest BCUT2D eigenvalue weighted by atomic mass is 10.2. The molecule has 0 aliphatic carbocycles. The van der Waals surface area contributed by atoms with Crippen LogP contribution in [0.15, 0.2) is 42.9 Å². The molecule has 4 heteroatoms. The van der Waals surface area contributed by atoms with Gasteiger partial charge in [-0.15, -0.1) is 0 Å². The van der Waals surface area contributed by atoms with Crippen LogP contribution in [0.3, 0.4) is 0 Å². The van der Waals surface area contributed by atoms with Crippen LogP contribution in [0.2, 0.25) is 0 Å². The molecule has 84 valence electrons. The zero-order valence-electron chi connectivity index (χ0n) is 9.30. The summed E-state index contributed by atoms with van der Waals surface area (Å²) in [5, 5.41) is 12.0. The van der Waals surface area contributed by atoms with E-state index in [1.165, 1.54) is 5.56 Å². The highest BCUT2D eigenvalue weighted by Crippen LogP contribution is 2.01. The van der Waals surface area contributed by atoms with Crippen LogP contribution in [-0.4, -0.2) is 9.97 Å². The molecule has 0 saturated carbocycles. The molecular weight excluding hydrogens is 212 g/mol. The van der Waals surface area contributed by atoms with E-state index in [1.54, 1.807) is 24.7 Å². The van der Waals surface area contributed by atoms with E-state index < -0.39 is 0 Å². The number of hydrogen-bond donors (Lipinski definition) is 1. The van der Waals surface area contributed by atoms with Gasteiger partial charge in [0.15, 0.2) is 0 Å². The van der Waals surface area contributed by atoms with Crippen LogP contribution in [0, 0.1) is 11.3 Å². The molecule has 4 nitrogen and oxygen atoms in total. The molecule has 0 spiro atoms. The zero-order chi connectivity index (χ0) is 11.9. The summed E-state index contributed by atoms with van der Waals surface area (Å²) in [5.74, 6) is 0. The van der Waals surface area contributed by atoms with Gasteiger partial charge in [0, 0.05) is 31.7 Å². The lowest BCUT2D eigenvalue weighted by molar-refractivity contribution is 0.692. The van der Waals surface area contributed by atoms with Crippen LogP contribution in [-0.2, 0) is 13.1 Å². The van der Waals surface area contributed by atoms with Crippen molar-refractivity contribution < 1.29 is 0 Å². The minimum Gasteiger partial charge on any atom is -0.309 e. The number of nitriles is 1. The predicted octanol–water partition coefficient (Wildman–Crippen LogP) is 1.64. The standard InChI is InChI=1S/C13H12N4/c14-8-13-7-12(3-6-17-13)10-16-9-11-1-4-15-5-2-11/h1-7,16H,9-10H2. The number of nitrogens with one attached hydrogen (secondary N) is 1. The second-order valence-corrected chi connectivity index (χ2v) is 3.62. The Hall–Kier alpha value is -2.25. The first kappa shape index (κ1) is 11.2. The molecule has 1 N–H and O–H groups in total. The van der Waals surface area contributed by atoms with E-state index >= 15 is 0 Å². The van der Waals surface area contributed by atoms with Gasteiger partial charge >= 0.3 is 0 Å². The van der Waals surface area contributed by atoms with Crippen molar-refractivity contribution in [3.8, 4) is 6.07 Å². The third kappa shape index (κ3) is 3.37. The van der Waals surface area contributed by atoms with Crippen molar-refractivity contribution >= 4 is 0 Å². The Bertz CT molecular complexity index is 516. The number of aromatic nitrogens is 2. The summed E-state index contributed by atoms with van der Waals surface area (Å²) in [6.45, 7) is 1.51. The van der Waals surface area contributed by atoms with E-state index in [2.05, 4.69) is 15.3 Å². The van der Waals surface area contributed by atoms with Gasteiger partial charge in [-0.05, 0) is 35.4 Å². The Morgan fingerprint density at radius 1 is 1.06 bits per heavy atom. The summed E-state index contributed by atoms with van der Waals surface area (Å²) in [5.41, 5.74) is 2.70. The Morgan fingerprint density at radius 2 is 1.76 bits per heavy atom. The largest absolute Gasteiger partial charge is 0.309 e. The highest BCUT2D eigenvalue weighted by molar-refractivity contribution is 5.25. The van der Waals surface area contributed by atoms with Crippen LogP contribution in [0.1, 0.15) is 16.8 Å². The topological polar surface area (TPSA) is 61.6 Å². The van der Waals surface area contributed by atoms with Crippen molar-refractivity contribution in [2.45, 2.75) is 13.1 Å². The van der Waals surface area contributed by atoms with E-state index in [1.807, 2.05) is 24.3 Å². The summed E-state index contributed by atoms with van der Waals surface area (Å²) < 4.78 is 0. The SMILES string of the molecule is N#Cc1cc(CNCc2ccncc2)ccn1. The number of rotatable bonds is 4. The molecule has 17 heavy (non-hydrogen) atoms. The molecule has 0 aliphatic rings. The summed E-state index contributed by atoms with van der Waals surface area (Å²) in [6.07, 6.45) is 5.20. The third-order valence-corrected chi connectivity index (χ3v) is 2.35. The van der Waals surface area contributed by atoms with E-state index in [-0.39, 0.29) is 0 Å². The zero-order valence-corrected chi connectivity index (χ0v) is 9.30. The van der Waals surface area contributed by atoms with E-state index in [4.69, 9.17) is 5.26 Å². The van der Waals surface area contributed by atoms with E-state index in [0.717, 1.165) is 18.7 Å². The molecule has 0 atom stereocenters. The van der Waals surface area contributed by atoms with Crippen LogP contribution >= 0.6 is 0 Å². The third-order valence-electron chi connectivity index (χ3n) is 2.35. The molecule has 0 aliphatic heterocycles. The van der Waals surface area contributed by atoms with Gasteiger partial charge in [-0.25, -0.2) is 4.98 Å². The smallest absolute Gasteiger partial charge is 0.140 e. The Kier molecular flexibility index (Phi) is 3.79. The summed E-state index contributed by atoms with van der Waals surface area (Å²) in [4.78, 5) is 7.89. The minimum atomic E-state index is 0.452. The molecular formula is C13H12N4. The van der Waals surface area contributed by atoms with Crippen molar-refractivity contribution in [3.05, 3.63) is 59.7 Å². The van der Waals surface area contributed by atoms with Crippen LogP contribution < -0.4 is 5.32 Å². The van der Waals surface area contributed by atoms with Crippen molar-refractivity contribution in [2.75, 3.05) is 0 Å². The van der Waals surface area contributed by atoms with E-state index in [9.17, 15) is 0 Å². The molecule has 0 saturated heterocycles. The van der Waals surface area contributed by atoms with Gasteiger partial charge in [-0.3, -0.25) is 4.98 Å². The second-order valence-electron chi connectivity index (χ2n) is 3.62. The van der Waals surface area contributed by atoms with Crippen molar-refractivity contribution in [2.24, 2.45) is 0 Å². The first-order valence-electron chi connectivity index (χ1n) is 5.33. The number of hydrogen-bond acceptors (Lipinski definition) is 4. The monoisotopic (exact) mass is 224 g/mol. The first-order chi connectivity index (χ1) is 8.38. The normalized spacial score (nSPS) is 9.82. The summed E-state index contributed by atoms with van der Waals surface area (Å²) in [7, 11) is 0. The van der Waals surface area contributed by atoms with Gasteiger partial charge in [-0.1, -0.05) is 0 Å². The average molecular weight is 224 g/mol. The molecule has 0 fully saturated rings. The minimum absolute atomic E-state index is 0.452. The molecule has 0 amide bonds. The first-order valence-corrected chi connectivity index (χ1v) is 5.33. The van der Waals surface area contributed by atoms with Gasteiger partial charge in [0.2, 0.25) is 0 Å². The average Bonchev–Trinajstić information content (AvgIpc) is 2.40. The van der Waals surface area contributed by atoms with Gasteiger partial charge < -0.3 is 5.32 Å². The van der Waals surface area contributed by atoms with E-state index in [0.29, 0.717) is 5.69 Å². The maximum Gasteiger partial charge on any atom is 0.140 e. The second kappa shape index (κ2) is 5.73. The molecule has 2 aromatic heterocycles. The van der Waals surface area contributed by atoms with Gasteiger partial charge in [0.25, 0.3) is 0 Å². The fraction of sp³-hybridized carbons (Fsp3) is 0.154. The molecule has 0 bridgehead atoms.